The summed E-state index contributed by atoms with van der Waals surface area (Å²) in [6.07, 6.45) is -2.00. The maximum absolute atomic E-state index is 13.2. The fourth-order valence-corrected chi connectivity index (χ4v) is 2.82. The first-order valence-electron chi connectivity index (χ1n) is 8.52. The number of carbonyl (C=O) groups is 4. The molecule has 1 aliphatic carbocycles. The molecule has 0 N–H and O–H groups in total. The third kappa shape index (κ3) is 3.44. The van der Waals surface area contributed by atoms with Crippen LogP contribution in [-0.4, -0.2) is 37.1 Å². The molecule has 8 heteroatoms. The Morgan fingerprint density at radius 2 is 1.14 bits per heavy atom. The van der Waals surface area contributed by atoms with E-state index in [2.05, 4.69) is 0 Å². The Hall–Kier alpha value is -3.68. The van der Waals surface area contributed by atoms with Crippen molar-refractivity contribution in [2.45, 2.75) is 13.8 Å². The van der Waals surface area contributed by atoms with Crippen LogP contribution < -0.4 is 9.47 Å². The quantitative estimate of drug-likeness (QED) is 0.497. The van der Waals surface area contributed by atoms with Crippen molar-refractivity contribution in [1.82, 2.24) is 0 Å². The Labute approximate surface area is 160 Å². The van der Waals surface area contributed by atoms with Gasteiger partial charge in [-0.1, -0.05) is 24.3 Å². The number of hydrogen-bond donors (Lipinski definition) is 0. The van der Waals surface area contributed by atoms with E-state index in [0.717, 1.165) is 0 Å². The van der Waals surface area contributed by atoms with Crippen molar-refractivity contribution in [3.8, 4) is 11.5 Å². The normalized spacial score (nSPS) is 11.9. The van der Waals surface area contributed by atoms with Crippen LogP contribution in [0.1, 0.15) is 45.7 Å². The van der Waals surface area contributed by atoms with Gasteiger partial charge in [0.15, 0.2) is 5.78 Å². The van der Waals surface area contributed by atoms with Crippen molar-refractivity contribution in [2.24, 2.45) is 0 Å². The average molecular weight is 384 g/mol. The molecular weight excluding hydrogens is 368 g/mol. The number of carbonyl (C=O) groups excluding carboxylic acids is 4. The van der Waals surface area contributed by atoms with Crippen LogP contribution in [0.4, 0.5) is 9.59 Å². The molecule has 0 saturated heterocycles. The van der Waals surface area contributed by atoms with Crippen LogP contribution in [0.2, 0.25) is 0 Å². The van der Waals surface area contributed by atoms with E-state index in [1.165, 1.54) is 36.4 Å². The van der Waals surface area contributed by atoms with Gasteiger partial charge in [-0.2, -0.15) is 0 Å². The summed E-state index contributed by atoms with van der Waals surface area (Å²) >= 11 is 0. The molecule has 28 heavy (non-hydrogen) atoms. The Balaban J connectivity index is 2.08. The lowest BCUT2D eigenvalue weighted by Crippen LogP contribution is -2.24. The fourth-order valence-electron chi connectivity index (χ4n) is 2.82. The van der Waals surface area contributed by atoms with E-state index in [1.807, 2.05) is 0 Å². The van der Waals surface area contributed by atoms with Gasteiger partial charge in [0.05, 0.1) is 24.3 Å². The summed E-state index contributed by atoms with van der Waals surface area (Å²) in [5.74, 6) is -1.32. The Morgan fingerprint density at radius 1 is 0.714 bits per heavy atom. The summed E-state index contributed by atoms with van der Waals surface area (Å²) in [7, 11) is 0. The van der Waals surface area contributed by atoms with Crippen LogP contribution in [0.25, 0.3) is 0 Å². The first-order chi connectivity index (χ1) is 13.5. The summed E-state index contributed by atoms with van der Waals surface area (Å²) in [6, 6.07) is 8.64. The van der Waals surface area contributed by atoms with Crippen molar-refractivity contribution in [2.75, 3.05) is 13.2 Å². The van der Waals surface area contributed by atoms with Gasteiger partial charge in [0, 0.05) is 11.1 Å². The second-order valence-corrected chi connectivity index (χ2v) is 5.59. The lowest BCUT2D eigenvalue weighted by atomic mass is 9.83. The van der Waals surface area contributed by atoms with E-state index in [9.17, 15) is 19.2 Å². The van der Waals surface area contributed by atoms with E-state index in [-0.39, 0.29) is 47.0 Å². The molecular formula is C20H16O8. The van der Waals surface area contributed by atoms with Crippen LogP contribution in [0.3, 0.4) is 0 Å². The van der Waals surface area contributed by atoms with Crippen LogP contribution in [-0.2, 0) is 9.47 Å². The standard InChI is InChI=1S/C20H16O8/c1-3-25-19(23)27-13-9-5-7-11-15(13)18(22)16-12(17(11)21)8-6-10-14(16)28-20(24)26-4-2/h5-10H,3-4H2,1-2H3. The number of benzene rings is 2. The SMILES string of the molecule is CCOC(=O)Oc1cccc2c1C(=O)c1c(OC(=O)OCC)cccc1C2=O. The highest BCUT2D eigenvalue weighted by molar-refractivity contribution is 6.30. The number of hydrogen-bond acceptors (Lipinski definition) is 8. The third-order valence-electron chi connectivity index (χ3n) is 3.91. The van der Waals surface area contributed by atoms with Gasteiger partial charge in [-0.3, -0.25) is 9.59 Å². The van der Waals surface area contributed by atoms with E-state index in [4.69, 9.17) is 18.9 Å². The average Bonchev–Trinajstić information content (AvgIpc) is 2.66. The molecule has 0 aliphatic heterocycles. The van der Waals surface area contributed by atoms with Gasteiger partial charge in [0.25, 0.3) is 0 Å². The molecule has 3 rings (SSSR count). The lowest BCUT2D eigenvalue weighted by molar-refractivity contribution is 0.0944. The second-order valence-electron chi connectivity index (χ2n) is 5.59. The van der Waals surface area contributed by atoms with Gasteiger partial charge >= 0.3 is 12.3 Å². The monoisotopic (exact) mass is 384 g/mol. The van der Waals surface area contributed by atoms with Crippen LogP contribution in [0.5, 0.6) is 11.5 Å². The van der Waals surface area contributed by atoms with Crippen LogP contribution >= 0.6 is 0 Å². The van der Waals surface area contributed by atoms with Gasteiger partial charge < -0.3 is 18.9 Å². The molecule has 144 valence electrons. The molecule has 0 atom stereocenters. The van der Waals surface area contributed by atoms with Crippen LogP contribution in [0, 0.1) is 0 Å². The van der Waals surface area contributed by atoms with Crippen molar-refractivity contribution in [1.29, 1.82) is 0 Å². The second kappa shape index (κ2) is 7.91. The molecule has 1 aliphatic rings. The minimum absolute atomic E-state index is 0.0765. The molecule has 2 aromatic carbocycles. The van der Waals surface area contributed by atoms with E-state index in [0.29, 0.717) is 0 Å². The van der Waals surface area contributed by atoms with E-state index >= 15 is 0 Å². The Kier molecular flexibility index (Phi) is 5.39. The molecule has 0 saturated carbocycles. The number of rotatable bonds is 4. The summed E-state index contributed by atoms with van der Waals surface area (Å²) < 4.78 is 19.6. The molecule has 8 nitrogen and oxygen atoms in total. The smallest absolute Gasteiger partial charge is 0.434 e. The third-order valence-corrected chi connectivity index (χ3v) is 3.91. The predicted molar refractivity (Wildman–Crippen MR) is 95.0 cm³/mol. The number of ketones is 2. The summed E-state index contributed by atoms with van der Waals surface area (Å²) in [5, 5.41) is 0. The predicted octanol–water partition coefficient (Wildman–Crippen LogP) is 3.53. The number of fused-ring (bicyclic) bond motifs is 2. The highest BCUT2D eigenvalue weighted by Gasteiger charge is 2.35. The van der Waals surface area contributed by atoms with Gasteiger partial charge in [0.1, 0.15) is 11.5 Å². The first-order valence-corrected chi connectivity index (χ1v) is 8.52. The zero-order valence-corrected chi connectivity index (χ0v) is 15.1. The largest absolute Gasteiger partial charge is 0.513 e. The zero-order chi connectivity index (χ0) is 20.3. The van der Waals surface area contributed by atoms with Gasteiger partial charge in [-0.15, -0.1) is 0 Å². The van der Waals surface area contributed by atoms with Crippen molar-refractivity contribution >= 4 is 23.9 Å². The van der Waals surface area contributed by atoms with Crippen molar-refractivity contribution < 1.29 is 38.1 Å². The highest BCUT2D eigenvalue weighted by atomic mass is 16.7. The van der Waals surface area contributed by atoms with Gasteiger partial charge in [0.2, 0.25) is 5.78 Å². The Morgan fingerprint density at radius 3 is 1.54 bits per heavy atom. The summed E-state index contributed by atoms with van der Waals surface area (Å²) in [5.41, 5.74) is -0.0545. The van der Waals surface area contributed by atoms with E-state index < -0.39 is 23.9 Å². The molecule has 0 aromatic heterocycles. The summed E-state index contributed by atoms with van der Waals surface area (Å²) in [4.78, 5) is 49.4. The fraction of sp³-hybridized carbons (Fsp3) is 0.200. The maximum atomic E-state index is 13.2. The first kappa shape index (κ1) is 19.1. The molecule has 0 bridgehead atoms. The van der Waals surface area contributed by atoms with E-state index in [1.54, 1.807) is 13.8 Å². The van der Waals surface area contributed by atoms with Gasteiger partial charge in [-0.05, 0) is 26.0 Å². The molecule has 2 aromatic rings. The minimum Gasteiger partial charge on any atom is -0.434 e. The number of ether oxygens (including phenoxy) is 4. The summed E-state index contributed by atoms with van der Waals surface area (Å²) in [6.45, 7) is 3.37. The highest BCUT2D eigenvalue weighted by Crippen LogP contribution is 2.37. The zero-order valence-electron chi connectivity index (χ0n) is 15.1. The molecule has 0 amide bonds. The minimum atomic E-state index is -1.00. The molecule has 0 radical (unpaired) electrons. The Bertz CT molecular complexity index is 901. The topological polar surface area (TPSA) is 105 Å². The molecule has 0 unspecified atom stereocenters. The lowest BCUT2D eigenvalue weighted by Gasteiger charge is -2.21. The van der Waals surface area contributed by atoms with Crippen LogP contribution in [0.15, 0.2) is 36.4 Å². The van der Waals surface area contributed by atoms with Crippen molar-refractivity contribution in [3.63, 3.8) is 0 Å². The maximum Gasteiger partial charge on any atom is 0.513 e. The van der Waals surface area contributed by atoms with Gasteiger partial charge in [-0.25, -0.2) is 9.59 Å². The van der Waals surface area contributed by atoms with Crippen molar-refractivity contribution in [3.05, 3.63) is 58.7 Å². The molecule has 0 spiro atoms. The molecule has 0 heterocycles. The molecule has 0 fully saturated rings.